The van der Waals surface area contributed by atoms with Gasteiger partial charge in [-0.25, -0.2) is 9.18 Å². The number of nitrogens with one attached hydrogen (secondary N) is 1. The summed E-state index contributed by atoms with van der Waals surface area (Å²) in [4.78, 5) is 28.0. The number of carbonyl (C=O) groups excluding carboxylic acids is 2. The molecule has 2 aromatic carbocycles. The largest absolute Gasteiger partial charge is 0.457 e. The summed E-state index contributed by atoms with van der Waals surface area (Å²) in [5.74, 6) is -1.34. The Kier molecular flexibility index (Phi) is 6.16. The van der Waals surface area contributed by atoms with E-state index in [1.54, 1.807) is 23.5 Å². The van der Waals surface area contributed by atoms with Crippen LogP contribution < -0.4 is 5.32 Å². The highest BCUT2D eigenvalue weighted by molar-refractivity contribution is 7.10. The molecule has 3 aromatic rings. The van der Waals surface area contributed by atoms with Gasteiger partial charge in [0.15, 0.2) is 5.78 Å². The maximum absolute atomic E-state index is 13.7. The van der Waals surface area contributed by atoms with Crippen molar-refractivity contribution in [2.45, 2.75) is 38.2 Å². The van der Waals surface area contributed by atoms with E-state index in [9.17, 15) is 14.0 Å². The van der Waals surface area contributed by atoms with Crippen LogP contribution >= 0.6 is 11.3 Å². The summed E-state index contributed by atoms with van der Waals surface area (Å²) in [6.45, 7) is 1.96. The van der Waals surface area contributed by atoms with Crippen LogP contribution in [0.4, 0.5) is 4.39 Å². The molecule has 0 radical (unpaired) electrons. The molecule has 0 saturated carbocycles. The second-order valence-electron chi connectivity index (χ2n) is 8.65. The van der Waals surface area contributed by atoms with Crippen LogP contribution in [0.2, 0.25) is 0 Å². The Morgan fingerprint density at radius 3 is 2.53 bits per heavy atom. The van der Waals surface area contributed by atoms with E-state index in [0.29, 0.717) is 35.2 Å². The predicted molar refractivity (Wildman–Crippen MR) is 130 cm³/mol. The van der Waals surface area contributed by atoms with Crippen LogP contribution in [0.5, 0.6) is 0 Å². The lowest BCUT2D eigenvalue weighted by atomic mass is 9.72. The number of Topliss-reactive ketones (excluding diaryl/α,β-unsaturated/α-hetero) is 1. The summed E-state index contributed by atoms with van der Waals surface area (Å²) < 4.78 is 19.4. The zero-order valence-electron chi connectivity index (χ0n) is 18.7. The van der Waals surface area contributed by atoms with Gasteiger partial charge < -0.3 is 10.1 Å². The Hall–Kier alpha value is -3.51. The van der Waals surface area contributed by atoms with Gasteiger partial charge in [0.25, 0.3) is 0 Å². The highest BCUT2D eigenvalue weighted by Gasteiger charge is 2.41. The van der Waals surface area contributed by atoms with E-state index in [0.717, 1.165) is 11.3 Å². The van der Waals surface area contributed by atoms with Crippen LogP contribution in [0.15, 0.2) is 94.7 Å². The number of rotatable bonds is 5. The first-order chi connectivity index (χ1) is 16.5. The van der Waals surface area contributed by atoms with Gasteiger partial charge in [-0.15, -0.1) is 11.3 Å². The Morgan fingerprint density at radius 2 is 1.82 bits per heavy atom. The van der Waals surface area contributed by atoms with Crippen molar-refractivity contribution in [3.8, 4) is 0 Å². The smallest absolute Gasteiger partial charge is 0.337 e. The van der Waals surface area contributed by atoms with E-state index in [-0.39, 0.29) is 24.1 Å². The molecule has 5 rings (SSSR count). The summed E-state index contributed by atoms with van der Waals surface area (Å²) in [5, 5.41) is 5.37. The third-order valence-corrected chi connectivity index (χ3v) is 7.44. The first-order valence-electron chi connectivity index (χ1n) is 11.2. The normalized spacial score (nSPS) is 20.1. The number of benzene rings is 2. The van der Waals surface area contributed by atoms with Crippen LogP contribution in [0.3, 0.4) is 0 Å². The summed E-state index contributed by atoms with van der Waals surface area (Å²) in [6, 6.07) is 19.5. The minimum Gasteiger partial charge on any atom is -0.457 e. The Labute approximate surface area is 201 Å². The highest BCUT2D eigenvalue weighted by atomic mass is 32.1. The molecule has 2 atom stereocenters. The van der Waals surface area contributed by atoms with Crippen LogP contribution in [-0.4, -0.2) is 11.8 Å². The fourth-order valence-corrected chi connectivity index (χ4v) is 5.65. The summed E-state index contributed by atoms with van der Waals surface area (Å²) in [7, 11) is 0. The quantitative estimate of drug-likeness (QED) is 0.463. The zero-order valence-corrected chi connectivity index (χ0v) is 19.5. The van der Waals surface area contributed by atoms with Crippen molar-refractivity contribution in [1.29, 1.82) is 0 Å². The van der Waals surface area contributed by atoms with Gasteiger partial charge in [0, 0.05) is 40.1 Å². The highest BCUT2D eigenvalue weighted by Crippen LogP contribution is 2.46. The number of allylic oxidation sites excluding steroid dienone is 3. The van der Waals surface area contributed by atoms with Crippen LogP contribution in [0.25, 0.3) is 0 Å². The number of esters is 1. The number of hydrogen-bond donors (Lipinski definition) is 1. The van der Waals surface area contributed by atoms with Crippen LogP contribution in [0.1, 0.15) is 47.6 Å². The van der Waals surface area contributed by atoms with E-state index < -0.39 is 11.9 Å². The van der Waals surface area contributed by atoms with E-state index in [4.69, 9.17) is 4.74 Å². The van der Waals surface area contributed by atoms with Gasteiger partial charge in [0.1, 0.15) is 12.4 Å². The number of halogens is 1. The lowest BCUT2D eigenvalue weighted by molar-refractivity contribution is -0.140. The number of thiophene rings is 1. The zero-order chi connectivity index (χ0) is 23.7. The van der Waals surface area contributed by atoms with Crippen molar-refractivity contribution < 1.29 is 18.7 Å². The molecular formula is C28H24FNO3S. The van der Waals surface area contributed by atoms with Crippen molar-refractivity contribution in [1.82, 2.24) is 5.32 Å². The van der Waals surface area contributed by atoms with Gasteiger partial charge in [-0.05, 0) is 48.1 Å². The van der Waals surface area contributed by atoms with Crippen LogP contribution in [0, 0.1) is 5.82 Å². The molecule has 1 N–H and O–H groups in total. The van der Waals surface area contributed by atoms with Crippen molar-refractivity contribution in [2.75, 3.05) is 0 Å². The molecule has 2 aliphatic rings. The minimum absolute atomic E-state index is 0.00216. The fourth-order valence-electron chi connectivity index (χ4n) is 4.82. The first-order valence-corrected chi connectivity index (χ1v) is 12.1. The molecule has 2 heterocycles. The van der Waals surface area contributed by atoms with Crippen LogP contribution in [-0.2, 0) is 20.9 Å². The monoisotopic (exact) mass is 473 g/mol. The Balaban J connectivity index is 1.51. The SMILES string of the molecule is CC1=C(C(=O)OCc2ccccc2)[C@@H](c2ccc(F)cc2)C2=C(C[C@@H](c3cccs3)CC2=O)N1. The molecule has 4 nitrogen and oxygen atoms in total. The second-order valence-corrected chi connectivity index (χ2v) is 9.63. The maximum atomic E-state index is 13.7. The Bertz CT molecular complexity index is 1280. The third kappa shape index (κ3) is 4.33. The maximum Gasteiger partial charge on any atom is 0.337 e. The van der Waals surface area contributed by atoms with E-state index in [1.807, 2.05) is 48.7 Å². The average Bonchev–Trinajstić information content (AvgIpc) is 3.38. The fraction of sp³-hybridized carbons (Fsp3) is 0.214. The van der Waals surface area contributed by atoms with E-state index in [2.05, 4.69) is 11.4 Å². The number of carbonyl (C=O) groups is 2. The van der Waals surface area contributed by atoms with Crippen molar-refractivity contribution in [3.63, 3.8) is 0 Å². The van der Waals surface area contributed by atoms with Gasteiger partial charge in [0.05, 0.1) is 5.57 Å². The lowest BCUT2D eigenvalue weighted by Gasteiger charge is -2.36. The summed E-state index contributed by atoms with van der Waals surface area (Å²) >= 11 is 1.65. The third-order valence-electron chi connectivity index (χ3n) is 6.41. The van der Waals surface area contributed by atoms with Crippen molar-refractivity contribution in [2.24, 2.45) is 0 Å². The lowest BCUT2D eigenvalue weighted by Crippen LogP contribution is -2.36. The predicted octanol–water partition coefficient (Wildman–Crippen LogP) is 5.99. The van der Waals surface area contributed by atoms with Gasteiger partial charge in [-0.3, -0.25) is 4.79 Å². The van der Waals surface area contributed by atoms with Gasteiger partial charge >= 0.3 is 5.97 Å². The molecule has 6 heteroatoms. The van der Waals surface area contributed by atoms with Crippen molar-refractivity contribution in [3.05, 3.63) is 116 Å². The molecule has 0 bridgehead atoms. The summed E-state index contributed by atoms with van der Waals surface area (Å²) in [6.07, 6.45) is 1.06. The molecule has 1 aliphatic carbocycles. The van der Waals surface area contributed by atoms with Gasteiger partial charge in [0.2, 0.25) is 0 Å². The second kappa shape index (κ2) is 9.39. The average molecular weight is 474 g/mol. The van der Waals surface area contributed by atoms with E-state index in [1.165, 1.54) is 17.0 Å². The molecule has 0 saturated heterocycles. The van der Waals surface area contributed by atoms with E-state index >= 15 is 0 Å². The molecule has 1 aliphatic heterocycles. The molecule has 0 fully saturated rings. The van der Waals surface area contributed by atoms with Gasteiger partial charge in [-0.2, -0.15) is 0 Å². The first kappa shape index (κ1) is 22.3. The number of ether oxygens (including phenoxy) is 1. The number of ketones is 1. The van der Waals surface area contributed by atoms with Gasteiger partial charge in [-0.1, -0.05) is 48.5 Å². The number of dihydropyridines is 1. The molecule has 172 valence electrons. The molecule has 0 unspecified atom stereocenters. The number of hydrogen-bond acceptors (Lipinski definition) is 5. The molecule has 0 spiro atoms. The topological polar surface area (TPSA) is 55.4 Å². The summed E-state index contributed by atoms with van der Waals surface area (Å²) in [5.41, 5.74) is 4.04. The molecule has 1 aromatic heterocycles. The minimum atomic E-state index is -0.600. The molecule has 34 heavy (non-hydrogen) atoms. The standard InChI is InChI=1S/C28H24FNO3S/c1-17-25(28(32)33-16-18-6-3-2-4-7-18)26(19-9-11-21(29)12-10-19)27-22(30-17)14-20(15-23(27)31)24-8-5-13-34-24/h2-13,20,26,30H,14-16H2,1H3/t20-,26-/m1/s1. The van der Waals surface area contributed by atoms with Crippen molar-refractivity contribution >= 4 is 23.1 Å². The Morgan fingerprint density at radius 1 is 1.06 bits per heavy atom. The molecular weight excluding hydrogens is 449 g/mol. The molecule has 0 amide bonds.